The molecule has 1 fully saturated rings. The zero-order valence-electron chi connectivity index (χ0n) is 9.75. The Balaban J connectivity index is 2.16. The largest absolute Gasteiger partial charge is 0.315 e. The quantitative estimate of drug-likeness (QED) is 0.814. The zero-order valence-corrected chi connectivity index (χ0v) is 9.75. The Bertz CT molecular complexity index is 393. The average molecular weight is 221 g/mol. The molecule has 1 saturated carbocycles. The molecule has 16 heavy (non-hydrogen) atoms. The summed E-state index contributed by atoms with van der Waals surface area (Å²) >= 11 is 0. The van der Waals surface area contributed by atoms with Gasteiger partial charge >= 0.3 is 0 Å². The molecule has 0 spiro atoms. The third-order valence-electron chi connectivity index (χ3n) is 3.25. The molecule has 4 nitrogen and oxygen atoms in total. The van der Waals surface area contributed by atoms with E-state index in [-0.39, 0.29) is 5.56 Å². The van der Waals surface area contributed by atoms with Crippen LogP contribution in [-0.4, -0.2) is 17.0 Å². The molecule has 0 aromatic carbocycles. The van der Waals surface area contributed by atoms with Crippen molar-refractivity contribution in [3.05, 3.63) is 27.9 Å². The topological polar surface area (TPSA) is 57.8 Å². The molecule has 0 bridgehead atoms. The molecular weight excluding hydrogens is 202 g/mol. The lowest BCUT2D eigenvalue weighted by atomic mass is 9.89. The number of nitrogens with one attached hydrogen (secondary N) is 2. The van der Waals surface area contributed by atoms with E-state index in [4.69, 9.17) is 0 Å². The van der Waals surface area contributed by atoms with Crippen LogP contribution in [0.2, 0.25) is 0 Å². The van der Waals surface area contributed by atoms with Gasteiger partial charge < -0.3 is 10.3 Å². The van der Waals surface area contributed by atoms with Gasteiger partial charge in [-0.05, 0) is 19.9 Å². The lowest BCUT2D eigenvalue weighted by Gasteiger charge is -2.20. The number of aromatic amines is 1. The molecule has 1 aliphatic carbocycles. The maximum Gasteiger partial charge on any atom is 0.255 e. The van der Waals surface area contributed by atoms with Gasteiger partial charge in [0, 0.05) is 24.2 Å². The van der Waals surface area contributed by atoms with Gasteiger partial charge in [0.05, 0.1) is 0 Å². The highest BCUT2D eigenvalue weighted by molar-refractivity contribution is 5.08. The molecule has 1 aromatic heterocycles. The first-order valence-electron chi connectivity index (χ1n) is 6.04. The zero-order chi connectivity index (χ0) is 11.4. The van der Waals surface area contributed by atoms with Crippen LogP contribution in [0.25, 0.3) is 0 Å². The van der Waals surface area contributed by atoms with Gasteiger partial charge in [-0.1, -0.05) is 19.3 Å². The Morgan fingerprint density at radius 2 is 2.19 bits per heavy atom. The number of nitrogens with zero attached hydrogens (tertiary/aromatic N) is 1. The molecular formula is C12H19N3O. The number of hydrogen-bond acceptors (Lipinski definition) is 3. The van der Waals surface area contributed by atoms with Gasteiger partial charge in [-0.2, -0.15) is 0 Å². The van der Waals surface area contributed by atoms with Crippen LogP contribution in [0, 0.1) is 0 Å². The summed E-state index contributed by atoms with van der Waals surface area (Å²) in [4.78, 5) is 19.0. The standard InChI is InChI=1S/C12H19N3O/c1-13-7-10-8-14-11(15-12(10)16)9-5-3-2-4-6-9/h8-9,13H,2-7H2,1H3,(H,14,15,16). The predicted molar refractivity (Wildman–Crippen MR) is 63.4 cm³/mol. The minimum absolute atomic E-state index is 0.00456. The number of aromatic nitrogens is 2. The van der Waals surface area contributed by atoms with E-state index in [1.807, 2.05) is 7.05 Å². The fourth-order valence-electron chi connectivity index (χ4n) is 2.33. The molecule has 2 rings (SSSR count). The molecule has 0 radical (unpaired) electrons. The van der Waals surface area contributed by atoms with Crippen LogP contribution in [-0.2, 0) is 6.54 Å². The minimum atomic E-state index is 0.00456. The van der Waals surface area contributed by atoms with E-state index in [1.54, 1.807) is 6.20 Å². The summed E-state index contributed by atoms with van der Waals surface area (Å²) in [6.45, 7) is 0.577. The number of hydrogen-bond donors (Lipinski definition) is 2. The van der Waals surface area contributed by atoms with E-state index >= 15 is 0 Å². The van der Waals surface area contributed by atoms with E-state index in [9.17, 15) is 4.79 Å². The molecule has 1 aromatic rings. The first kappa shape index (κ1) is 11.3. The van der Waals surface area contributed by atoms with Gasteiger partial charge in [0.25, 0.3) is 5.56 Å². The molecule has 88 valence electrons. The smallest absolute Gasteiger partial charge is 0.255 e. The van der Waals surface area contributed by atoms with Crippen molar-refractivity contribution >= 4 is 0 Å². The van der Waals surface area contributed by atoms with Crippen molar-refractivity contribution in [2.75, 3.05) is 7.05 Å². The summed E-state index contributed by atoms with van der Waals surface area (Å²) in [5.41, 5.74) is 0.715. The Labute approximate surface area is 95.5 Å². The summed E-state index contributed by atoms with van der Waals surface area (Å²) < 4.78 is 0. The van der Waals surface area contributed by atoms with Gasteiger partial charge in [0.15, 0.2) is 0 Å². The highest BCUT2D eigenvalue weighted by Gasteiger charge is 2.17. The summed E-state index contributed by atoms with van der Waals surface area (Å²) in [7, 11) is 1.83. The monoisotopic (exact) mass is 221 g/mol. The van der Waals surface area contributed by atoms with E-state index in [0.29, 0.717) is 18.0 Å². The van der Waals surface area contributed by atoms with Crippen LogP contribution in [0.5, 0.6) is 0 Å². The van der Waals surface area contributed by atoms with E-state index in [2.05, 4.69) is 15.3 Å². The molecule has 0 atom stereocenters. The Hall–Kier alpha value is -1.16. The molecule has 2 N–H and O–H groups in total. The fourth-order valence-corrected chi connectivity index (χ4v) is 2.33. The maximum absolute atomic E-state index is 11.7. The average Bonchev–Trinajstić information content (AvgIpc) is 2.33. The maximum atomic E-state index is 11.7. The van der Waals surface area contributed by atoms with Crippen LogP contribution >= 0.6 is 0 Å². The highest BCUT2D eigenvalue weighted by Crippen LogP contribution is 2.29. The third kappa shape index (κ3) is 2.50. The van der Waals surface area contributed by atoms with Crippen molar-refractivity contribution in [2.24, 2.45) is 0 Å². The summed E-state index contributed by atoms with van der Waals surface area (Å²) in [6, 6.07) is 0. The lowest BCUT2D eigenvalue weighted by Crippen LogP contribution is -2.22. The third-order valence-corrected chi connectivity index (χ3v) is 3.25. The normalized spacial score (nSPS) is 17.6. The van der Waals surface area contributed by atoms with Gasteiger partial charge in [0.2, 0.25) is 0 Å². The SMILES string of the molecule is CNCc1cnc(C2CCCCC2)[nH]c1=O. The minimum Gasteiger partial charge on any atom is -0.315 e. The van der Waals surface area contributed by atoms with Crippen LogP contribution < -0.4 is 10.9 Å². The Morgan fingerprint density at radius 1 is 1.44 bits per heavy atom. The second kappa shape index (κ2) is 5.25. The molecule has 1 aliphatic rings. The van der Waals surface area contributed by atoms with Gasteiger partial charge in [0.1, 0.15) is 5.82 Å². The van der Waals surface area contributed by atoms with Crippen molar-refractivity contribution in [1.29, 1.82) is 0 Å². The molecule has 0 aliphatic heterocycles. The van der Waals surface area contributed by atoms with Crippen molar-refractivity contribution in [3.63, 3.8) is 0 Å². The van der Waals surface area contributed by atoms with Gasteiger partial charge in [-0.25, -0.2) is 4.98 Å². The van der Waals surface area contributed by atoms with Crippen LogP contribution in [0.3, 0.4) is 0 Å². The van der Waals surface area contributed by atoms with E-state index in [1.165, 1.54) is 19.3 Å². The molecule has 1 heterocycles. The second-order valence-corrected chi connectivity index (χ2v) is 4.49. The van der Waals surface area contributed by atoms with Crippen LogP contribution in [0.15, 0.2) is 11.0 Å². The molecule has 4 heteroatoms. The van der Waals surface area contributed by atoms with Crippen molar-refractivity contribution in [2.45, 2.75) is 44.6 Å². The number of H-pyrrole nitrogens is 1. The highest BCUT2D eigenvalue weighted by atomic mass is 16.1. The molecule has 0 amide bonds. The summed E-state index contributed by atoms with van der Waals surface area (Å²) in [6.07, 6.45) is 7.86. The lowest BCUT2D eigenvalue weighted by molar-refractivity contribution is 0.427. The van der Waals surface area contributed by atoms with E-state index < -0.39 is 0 Å². The van der Waals surface area contributed by atoms with Crippen LogP contribution in [0.4, 0.5) is 0 Å². The summed E-state index contributed by atoms with van der Waals surface area (Å²) in [5, 5.41) is 2.96. The van der Waals surface area contributed by atoms with Gasteiger partial charge in [-0.3, -0.25) is 4.79 Å². The summed E-state index contributed by atoms with van der Waals surface area (Å²) in [5.74, 6) is 1.34. The first-order chi connectivity index (χ1) is 7.81. The number of rotatable bonds is 3. The van der Waals surface area contributed by atoms with Crippen LogP contribution in [0.1, 0.15) is 49.4 Å². The van der Waals surface area contributed by atoms with Gasteiger partial charge in [-0.15, -0.1) is 0 Å². The first-order valence-corrected chi connectivity index (χ1v) is 6.04. The molecule has 0 unspecified atom stereocenters. The second-order valence-electron chi connectivity index (χ2n) is 4.49. The Morgan fingerprint density at radius 3 is 2.81 bits per heavy atom. The van der Waals surface area contributed by atoms with E-state index in [0.717, 1.165) is 18.7 Å². The molecule has 0 saturated heterocycles. The predicted octanol–water partition coefficient (Wildman–Crippen LogP) is 1.54. The fraction of sp³-hybridized carbons (Fsp3) is 0.667. The van der Waals surface area contributed by atoms with Crippen molar-refractivity contribution < 1.29 is 0 Å². The van der Waals surface area contributed by atoms with Crippen molar-refractivity contribution in [1.82, 2.24) is 15.3 Å². The van der Waals surface area contributed by atoms with Crippen molar-refractivity contribution in [3.8, 4) is 0 Å². The Kier molecular flexibility index (Phi) is 3.72.